The van der Waals surface area contributed by atoms with Crippen LogP contribution in [-0.2, 0) is 0 Å². The predicted molar refractivity (Wildman–Crippen MR) is 195 cm³/mol. The number of para-hydroxylation sites is 5. The lowest BCUT2D eigenvalue weighted by Gasteiger charge is -2.27. The molecule has 0 spiro atoms. The van der Waals surface area contributed by atoms with Crippen LogP contribution in [0, 0.1) is 12.1 Å². The fourth-order valence-electron chi connectivity index (χ4n) is 7.52. The third-order valence-electron chi connectivity index (χ3n) is 9.54. The number of nitrogens with one attached hydrogen (secondary N) is 1. The summed E-state index contributed by atoms with van der Waals surface area (Å²) in [6, 6.07) is 58.8. The zero-order valence-electron chi connectivity index (χ0n) is 25.4. The number of hydrogen-bond acceptors (Lipinski definition) is 3. The first-order valence-electron chi connectivity index (χ1n) is 16.0. The van der Waals surface area contributed by atoms with Crippen LogP contribution in [0.25, 0.3) is 44.3 Å². The highest BCUT2D eigenvalue weighted by Crippen LogP contribution is 2.47. The van der Waals surface area contributed by atoms with Crippen molar-refractivity contribution in [2.24, 2.45) is 0 Å². The Morgan fingerprint density at radius 1 is 0.574 bits per heavy atom. The van der Waals surface area contributed by atoms with E-state index in [-0.39, 0.29) is 6.17 Å². The second-order valence-electron chi connectivity index (χ2n) is 12.1. The lowest BCUT2D eigenvalue weighted by molar-refractivity contribution is 0.828. The second kappa shape index (κ2) is 10.0. The maximum atomic E-state index is 3.73. The van der Waals surface area contributed by atoms with E-state index in [1.54, 1.807) is 0 Å². The van der Waals surface area contributed by atoms with Gasteiger partial charge in [-0.2, -0.15) is 0 Å². The SMILES string of the molecule is c1c(C2Nc3ccccc3N2c2ccccc2)ccc(-n2c3ccccc3c3c4c5c(cccc5cc32)N(c2ccccc2)C=C4)c#1. The van der Waals surface area contributed by atoms with Crippen molar-refractivity contribution in [1.29, 1.82) is 0 Å². The number of rotatable bonds is 4. The van der Waals surface area contributed by atoms with Gasteiger partial charge in [-0.1, -0.05) is 84.9 Å². The van der Waals surface area contributed by atoms with Gasteiger partial charge in [0, 0.05) is 39.3 Å². The lowest BCUT2D eigenvalue weighted by atomic mass is 9.94. The molecule has 220 valence electrons. The van der Waals surface area contributed by atoms with Gasteiger partial charge >= 0.3 is 0 Å². The molecule has 1 atom stereocenters. The molecule has 0 saturated heterocycles. The number of aromatic nitrogens is 1. The molecule has 0 aliphatic carbocycles. The molecule has 10 rings (SSSR count). The number of benzene rings is 6. The maximum Gasteiger partial charge on any atom is 0.138 e. The van der Waals surface area contributed by atoms with Crippen LogP contribution in [0.1, 0.15) is 17.3 Å². The van der Waals surface area contributed by atoms with E-state index in [2.05, 4.69) is 190 Å². The van der Waals surface area contributed by atoms with Crippen molar-refractivity contribution in [2.75, 3.05) is 15.1 Å². The Kier molecular flexibility index (Phi) is 5.52. The van der Waals surface area contributed by atoms with Gasteiger partial charge in [-0.15, -0.1) is 0 Å². The highest BCUT2D eigenvalue weighted by Gasteiger charge is 2.31. The summed E-state index contributed by atoms with van der Waals surface area (Å²) < 4.78 is 2.34. The molecule has 7 aromatic carbocycles. The topological polar surface area (TPSA) is 23.4 Å². The molecule has 0 amide bonds. The molecule has 4 nitrogen and oxygen atoms in total. The Balaban J connectivity index is 1.13. The summed E-state index contributed by atoms with van der Waals surface area (Å²) in [4.78, 5) is 4.63. The van der Waals surface area contributed by atoms with Crippen LogP contribution in [0.3, 0.4) is 0 Å². The number of nitrogens with zero attached hydrogens (tertiary/aromatic N) is 3. The standard InChI is InChI=1S/C43H28N4/c1-3-13-31(14-4-1)45-27-26-35-41-30(12-11-21-39(41)45)28-40-42(35)34-17-7-9-19-37(34)46(40)33-24-22-29(23-25-33)43-44-36-18-8-10-20-38(36)47(43)32-15-5-2-6-16-32/h1-22,24,26-28,43-44H. The van der Waals surface area contributed by atoms with Crippen LogP contribution < -0.4 is 15.1 Å². The van der Waals surface area contributed by atoms with Gasteiger partial charge in [0.2, 0.25) is 0 Å². The van der Waals surface area contributed by atoms with E-state index < -0.39 is 0 Å². The summed E-state index contributed by atoms with van der Waals surface area (Å²) in [6.07, 6.45) is 4.39. The van der Waals surface area contributed by atoms with E-state index >= 15 is 0 Å². The van der Waals surface area contributed by atoms with Gasteiger partial charge in [0.25, 0.3) is 0 Å². The molecule has 47 heavy (non-hydrogen) atoms. The summed E-state index contributed by atoms with van der Waals surface area (Å²) in [6.45, 7) is 0. The van der Waals surface area contributed by atoms with Crippen LogP contribution in [0.15, 0.2) is 152 Å². The van der Waals surface area contributed by atoms with E-state index in [9.17, 15) is 0 Å². The molecule has 0 bridgehead atoms. The van der Waals surface area contributed by atoms with Crippen molar-refractivity contribution >= 4 is 67.1 Å². The first kappa shape index (κ1) is 25.8. The largest absolute Gasteiger partial charge is 0.359 e. The van der Waals surface area contributed by atoms with Gasteiger partial charge in [-0.3, -0.25) is 0 Å². The van der Waals surface area contributed by atoms with Gasteiger partial charge < -0.3 is 19.7 Å². The predicted octanol–water partition coefficient (Wildman–Crippen LogP) is 10.9. The molecule has 3 heterocycles. The van der Waals surface area contributed by atoms with E-state index in [0.29, 0.717) is 0 Å². The number of hydrogen-bond donors (Lipinski definition) is 1. The summed E-state index contributed by atoms with van der Waals surface area (Å²) >= 11 is 0. The van der Waals surface area contributed by atoms with Gasteiger partial charge in [-0.05, 0) is 89.8 Å². The summed E-state index contributed by atoms with van der Waals surface area (Å²) in [5.41, 5.74) is 11.3. The van der Waals surface area contributed by atoms with Gasteiger partial charge in [0.15, 0.2) is 0 Å². The maximum absolute atomic E-state index is 3.73. The average molecular weight is 601 g/mol. The monoisotopic (exact) mass is 600 g/mol. The highest BCUT2D eigenvalue weighted by atomic mass is 15.3. The zero-order chi connectivity index (χ0) is 30.9. The lowest BCUT2D eigenvalue weighted by Crippen LogP contribution is -2.23. The first-order chi connectivity index (χ1) is 23.3. The fourth-order valence-corrected chi connectivity index (χ4v) is 7.52. The molecule has 0 fully saturated rings. The molecular weight excluding hydrogens is 573 g/mol. The van der Waals surface area contributed by atoms with Crippen molar-refractivity contribution < 1.29 is 0 Å². The Morgan fingerprint density at radius 2 is 1.32 bits per heavy atom. The minimum atomic E-state index is -0.0947. The molecule has 1 unspecified atom stereocenters. The first-order valence-corrected chi connectivity index (χ1v) is 16.0. The Bertz CT molecular complexity index is 2490. The normalized spacial score (nSPS) is 14.9. The molecule has 2 aliphatic heterocycles. The minimum Gasteiger partial charge on any atom is -0.359 e. The van der Waals surface area contributed by atoms with Crippen LogP contribution >= 0.6 is 0 Å². The fraction of sp³-hybridized carbons (Fsp3) is 0.0233. The molecule has 0 radical (unpaired) electrons. The van der Waals surface area contributed by atoms with Crippen molar-refractivity contribution in [3.05, 3.63) is 175 Å². The van der Waals surface area contributed by atoms with E-state index in [1.165, 1.54) is 38.3 Å². The van der Waals surface area contributed by atoms with Crippen molar-refractivity contribution in [3.8, 4) is 5.69 Å². The third kappa shape index (κ3) is 3.84. The Hall–Kier alpha value is -6.44. The molecule has 2 aliphatic rings. The van der Waals surface area contributed by atoms with Crippen molar-refractivity contribution in [2.45, 2.75) is 6.17 Å². The van der Waals surface area contributed by atoms with Crippen LogP contribution in [0.2, 0.25) is 0 Å². The Morgan fingerprint density at radius 3 is 2.15 bits per heavy atom. The average Bonchev–Trinajstić information content (AvgIpc) is 3.69. The van der Waals surface area contributed by atoms with E-state index in [0.717, 1.165) is 39.5 Å². The molecule has 0 saturated carbocycles. The Labute approximate surface area is 273 Å². The van der Waals surface area contributed by atoms with Crippen molar-refractivity contribution in [3.63, 3.8) is 0 Å². The zero-order valence-corrected chi connectivity index (χ0v) is 25.4. The number of fused-ring (bicyclic) bond motifs is 5. The summed E-state index contributed by atoms with van der Waals surface area (Å²) in [5, 5.41) is 8.70. The second-order valence-corrected chi connectivity index (χ2v) is 12.1. The van der Waals surface area contributed by atoms with Gasteiger partial charge in [0.1, 0.15) is 6.17 Å². The smallest absolute Gasteiger partial charge is 0.138 e. The van der Waals surface area contributed by atoms with Crippen LogP contribution in [0.4, 0.5) is 28.4 Å². The summed E-state index contributed by atoms with van der Waals surface area (Å²) in [5.74, 6) is 0. The molecule has 4 heteroatoms. The quantitative estimate of drug-likeness (QED) is 0.217. The third-order valence-corrected chi connectivity index (χ3v) is 9.54. The number of anilines is 5. The highest BCUT2D eigenvalue weighted by molar-refractivity contribution is 6.22. The summed E-state index contributed by atoms with van der Waals surface area (Å²) in [7, 11) is 0. The van der Waals surface area contributed by atoms with Crippen LogP contribution in [0.5, 0.6) is 0 Å². The minimum absolute atomic E-state index is 0.0947. The van der Waals surface area contributed by atoms with Crippen molar-refractivity contribution in [1.82, 2.24) is 4.57 Å². The molecular formula is C43H28N4. The van der Waals surface area contributed by atoms with E-state index in [1.807, 2.05) is 0 Å². The molecule has 1 aromatic heterocycles. The molecule has 1 N–H and O–H groups in total. The van der Waals surface area contributed by atoms with Gasteiger partial charge in [0.05, 0.1) is 33.8 Å². The van der Waals surface area contributed by atoms with Gasteiger partial charge in [-0.25, -0.2) is 0 Å². The van der Waals surface area contributed by atoms with E-state index in [4.69, 9.17) is 0 Å². The van der Waals surface area contributed by atoms with Crippen LogP contribution in [-0.4, -0.2) is 4.57 Å². The molecule has 8 aromatic rings.